The number of ether oxygens (including phenoxy) is 2. The van der Waals surface area contributed by atoms with Gasteiger partial charge >= 0.3 is 0 Å². The zero-order valence-corrected chi connectivity index (χ0v) is 13.6. The van der Waals surface area contributed by atoms with Gasteiger partial charge in [-0.3, -0.25) is 5.43 Å². The van der Waals surface area contributed by atoms with Crippen molar-refractivity contribution in [3.63, 3.8) is 0 Å². The number of unbranched alkanes of at least 4 members (excludes halogenated alkanes) is 1. The molecule has 0 aromatic heterocycles. The first kappa shape index (κ1) is 17.2. The molecule has 0 aliphatic carbocycles. The summed E-state index contributed by atoms with van der Waals surface area (Å²) in [6.07, 6.45) is 3.81. The summed E-state index contributed by atoms with van der Waals surface area (Å²) < 4.78 is 11.0. The van der Waals surface area contributed by atoms with Gasteiger partial charge in [0.05, 0.1) is 19.9 Å². The van der Waals surface area contributed by atoms with E-state index in [4.69, 9.17) is 21.7 Å². The van der Waals surface area contributed by atoms with Crippen LogP contribution < -0.4 is 20.2 Å². The second-order valence-electron chi connectivity index (χ2n) is 4.34. The average molecular weight is 309 g/mol. The number of methoxy groups -OCH3 is 1. The van der Waals surface area contributed by atoms with Crippen molar-refractivity contribution in [2.24, 2.45) is 5.10 Å². The van der Waals surface area contributed by atoms with E-state index in [9.17, 15) is 0 Å². The van der Waals surface area contributed by atoms with Crippen LogP contribution in [0, 0.1) is 0 Å². The largest absolute Gasteiger partial charge is 0.493 e. The van der Waals surface area contributed by atoms with Crippen LogP contribution in [-0.2, 0) is 0 Å². The van der Waals surface area contributed by atoms with Gasteiger partial charge in [0.1, 0.15) is 0 Å². The minimum Gasteiger partial charge on any atom is -0.493 e. The number of hydrazone groups is 1. The van der Waals surface area contributed by atoms with E-state index in [2.05, 4.69) is 22.8 Å². The van der Waals surface area contributed by atoms with Gasteiger partial charge in [0, 0.05) is 6.54 Å². The number of rotatable bonds is 8. The monoisotopic (exact) mass is 309 g/mol. The Hall–Kier alpha value is -1.82. The lowest BCUT2D eigenvalue weighted by Gasteiger charge is -2.10. The summed E-state index contributed by atoms with van der Waals surface area (Å²) in [6.45, 7) is 5.56. The fourth-order valence-electron chi connectivity index (χ4n) is 1.58. The lowest BCUT2D eigenvalue weighted by Crippen LogP contribution is -2.31. The number of thiocarbonyl (C=S) groups is 1. The van der Waals surface area contributed by atoms with Crippen molar-refractivity contribution in [3.8, 4) is 11.5 Å². The maximum atomic E-state index is 5.68. The van der Waals surface area contributed by atoms with E-state index in [1.54, 1.807) is 13.3 Å². The van der Waals surface area contributed by atoms with Gasteiger partial charge in [0.15, 0.2) is 16.6 Å². The second-order valence-corrected chi connectivity index (χ2v) is 4.75. The molecule has 0 fully saturated rings. The van der Waals surface area contributed by atoms with Gasteiger partial charge in [-0.2, -0.15) is 5.10 Å². The summed E-state index contributed by atoms with van der Waals surface area (Å²) in [7, 11) is 1.63. The summed E-state index contributed by atoms with van der Waals surface area (Å²) in [6, 6.07) is 5.69. The van der Waals surface area contributed by atoms with Gasteiger partial charge in [0.2, 0.25) is 0 Å². The summed E-state index contributed by atoms with van der Waals surface area (Å²) in [4.78, 5) is 0. The highest BCUT2D eigenvalue weighted by atomic mass is 32.1. The van der Waals surface area contributed by atoms with E-state index < -0.39 is 0 Å². The van der Waals surface area contributed by atoms with Crippen LogP contribution >= 0.6 is 12.2 Å². The quantitative estimate of drug-likeness (QED) is 0.335. The Morgan fingerprint density at radius 2 is 2.14 bits per heavy atom. The summed E-state index contributed by atoms with van der Waals surface area (Å²) in [5.74, 6) is 1.45. The SMILES string of the molecule is CCCCOc1ccc(/C=N\NC(=S)NCC)cc1OC. The third-order valence-electron chi connectivity index (χ3n) is 2.66. The predicted molar refractivity (Wildman–Crippen MR) is 90.4 cm³/mol. The molecule has 0 spiro atoms. The normalized spacial score (nSPS) is 10.4. The Bertz CT molecular complexity index is 478. The molecule has 21 heavy (non-hydrogen) atoms. The van der Waals surface area contributed by atoms with Crippen molar-refractivity contribution in [2.75, 3.05) is 20.3 Å². The highest BCUT2D eigenvalue weighted by Crippen LogP contribution is 2.27. The number of hydrogen-bond donors (Lipinski definition) is 2. The molecule has 1 rings (SSSR count). The van der Waals surface area contributed by atoms with E-state index in [-0.39, 0.29) is 0 Å². The first-order valence-corrected chi connectivity index (χ1v) is 7.49. The van der Waals surface area contributed by atoms with Crippen molar-refractivity contribution < 1.29 is 9.47 Å². The maximum Gasteiger partial charge on any atom is 0.186 e. The van der Waals surface area contributed by atoms with E-state index in [0.717, 1.165) is 30.7 Å². The number of hydrogen-bond acceptors (Lipinski definition) is 4. The van der Waals surface area contributed by atoms with Crippen LogP contribution in [0.4, 0.5) is 0 Å². The van der Waals surface area contributed by atoms with Crippen LogP contribution in [0.5, 0.6) is 11.5 Å². The van der Waals surface area contributed by atoms with Crippen LogP contribution in [-0.4, -0.2) is 31.6 Å². The molecular formula is C15H23N3O2S. The number of nitrogens with zero attached hydrogens (tertiary/aromatic N) is 1. The van der Waals surface area contributed by atoms with E-state index >= 15 is 0 Å². The van der Waals surface area contributed by atoms with Crippen LogP contribution in [0.2, 0.25) is 0 Å². The number of benzene rings is 1. The Morgan fingerprint density at radius 3 is 2.81 bits per heavy atom. The Labute approximate surface area is 131 Å². The summed E-state index contributed by atoms with van der Waals surface area (Å²) >= 11 is 5.02. The molecule has 0 aliphatic heterocycles. The highest BCUT2D eigenvalue weighted by Gasteiger charge is 2.04. The first-order valence-electron chi connectivity index (χ1n) is 7.09. The van der Waals surface area contributed by atoms with E-state index in [1.165, 1.54) is 0 Å². The van der Waals surface area contributed by atoms with Crippen LogP contribution in [0.1, 0.15) is 32.3 Å². The zero-order chi connectivity index (χ0) is 15.5. The lowest BCUT2D eigenvalue weighted by molar-refractivity contribution is 0.288. The molecule has 6 heteroatoms. The van der Waals surface area contributed by atoms with Crippen LogP contribution in [0.3, 0.4) is 0 Å². The third-order valence-corrected chi connectivity index (χ3v) is 2.90. The Balaban J connectivity index is 2.64. The van der Waals surface area contributed by atoms with Crippen molar-refractivity contribution >= 4 is 23.5 Å². The lowest BCUT2D eigenvalue weighted by atomic mass is 10.2. The smallest absolute Gasteiger partial charge is 0.186 e. The molecule has 0 amide bonds. The Morgan fingerprint density at radius 1 is 1.33 bits per heavy atom. The third kappa shape index (κ3) is 6.44. The van der Waals surface area contributed by atoms with Gasteiger partial charge in [-0.15, -0.1) is 0 Å². The average Bonchev–Trinajstić information content (AvgIpc) is 2.49. The van der Waals surface area contributed by atoms with Gasteiger partial charge in [-0.05, 0) is 49.3 Å². The minimum atomic E-state index is 0.500. The molecule has 116 valence electrons. The molecule has 0 unspecified atom stereocenters. The van der Waals surface area contributed by atoms with Gasteiger partial charge in [0.25, 0.3) is 0 Å². The van der Waals surface area contributed by atoms with Gasteiger partial charge < -0.3 is 14.8 Å². The topological polar surface area (TPSA) is 54.9 Å². The fraction of sp³-hybridized carbons (Fsp3) is 0.467. The van der Waals surface area contributed by atoms with E-state index in [0.29, 0.717) is 17.5 Å². The molecular weight excluding hydrogens is 286 g/mol. The second kappa shape index (κ2) is 9.99. The molecule has 0 aliphatic rings. The Kier molecular flexibility index (Phi) is 8.19. The van der Waals surface area contributed by atoms with Crippen LogP contribution in [0.25, 0.3) is 0 Å². The van der Waals surface area contributed by atoms with Gasteiger partial charge in [-0.25, -0.2) is 0 Å². The van der Waals surface area contributed by atoms with Crippen molar-refractivity contribution in [1.29, 1.82) is 0 Å². The molecule has 0 bridgehead atoms. The first-order chi connectivity index (χ1) is 10.2. The molecule has 1 aromatic rings. The van der Waals surface area contributed by atoms with Crippen molar-refractivity contribution in [3.05, 3.63) is 23.8 Å². The molecule has 0 atom stereocenters. The molecule has 0 radical (unpaired) electrons. The standard InChI is InChI=1S/C15H23N3O2S/c1-4-6-9-20-13-8-7-12(10-14(13)19-3)11-17-18-15(21)16-5-2/h7-8,10-11H,4-6,9H2,1-3H3,(H2,16,18,21)/b17-11-. The predicted octanol–water partition coefficient (Wildman–Crippen LogP) is 2.69. The number of nitrogens with one attached hydrogen (secondary N) is 2. The molecule has 0 heterocycles. The van der Waals surface area contributed by atoms with Gasteiger partial charge in [-0.1, -0.05) is 13.3 Å². The molecule has 0 saturated carbocycles. The zero-order valence-electron chi connectivity index (χ0n) is 12.8. The molecule has 0 saturated heterocycles. The highest BCUT2D eigenvalue weighted by molar-refractivity contribution is 7.80. The van der Waals surface area contributed by atoms with Crippen LogP contribution in [0.15, 0.2) is 23.3 Å². The van der Waals surface area contributed by atoms with Crippen molar-refractivity contribution in [2.45, 2.75) is 26.7 Å². The molecule has 2 N–H and O–H groups in total. The molecule has 5 nitrogen and oxygen atoms in total. The summed E-state index contributed by atoms with van der Waals surface area (Å²) in [5, 5.41) is 7.52. The summed E-state index contributed by atoms with van der Waals surface area (Å²) in [5.41, 5.74) is 3.65. The fourth-order valence-corrected chi connectivity index (χ4v) is 1.77. The van der Waals surface area contributed by atoms with E-state index in [1.807, 2.05) is 25.1 Å². The molecule has 1 aromatic carbocycles. The minimum absolute atomic E-state index is 0.500. The van der Waals surface area contributed by atoms with Crippen molar-refractivity contribution in [1.82, 2.24) is 10.7 Å². The maximum absolute atomic E-state index is 5.68.